The average molecular weight is 417 g/mol. The number of hydrogen-bond donors (Lipinski definition) is 0. The number of rotatable bonds is 4. The molecule has 1 aromatic carbocycles. The van der Waals surface area contributed by atoms with E-state index < -0.39 is 5.67 Å². The molecule has 2 aliphatic carbocycles. The van der Waals surface area contributed by atoms with Gasteiger partial charge in [0.25, 0.3) is 0 Å². The van der Waals surface area contributed by atoms with E-state index in [4.69, 9.17) is 4.79 Å². The van der Waals surface area contributed by atoms with Gasteiger partial charge >= 0.3 is 0 Å². The molecule has 1 saturated carbocycles. The molecule has 0 aromatic heterocycles. The van der Waals surface area contributed by atoms with Crippen LogP contribution in [0.3, 0.4) is 0 Å². The predicted molar refractivity (Wildman–Crippen MR) is 133 cm³/mol. The predicted octanol–water partition coefficient (Wildman–Crippen LogP) is 8.56. The van der Waals surface area contributed by atoms with E-state index in [2.05, 4.69) is 39.5 Å². The molecule has 3 rings (SSSR count). The topological polar surface area (TPSA) is 17.1 Å². The number of halogens is 1. The smallest absolute Gasteiger partial charge is 0.116 e. The van der Waals surface area contributed by atoms with Crippen molar-refractivity contribution in [1.82, 2.24) is 0 Å². The summed E-state index contributed by atoms with van der Waals surface area (Å²) in [5.74, 6) is 1.65. The lowest BCUT2D eigenvalue weighted by molar-refractivity contribution is -0.106. The summed E-state index contributed by atoms with van der Waals surface area (Å²) in [5, 5.41) is 0. The second-order valence-corrected chi connectivity index (χ2v) is 8.83. The zero-order chi connectivity index (χ0) is 23.5. The molecule has 1 atom stereocenters. The number of carbonyl (C=O) groups excluding carboxylic acids is 1. The van der Waals surface area contributed by atoms with Gasteiger partial charge in [0.15, 0.2) is 0 Å². The SMILES string of the molecule is C=Cc1cc2c(c(C)c1/C=C(\C)C1CC1)CC(C)C2.CC.CC=O.CCC(C)(C)F. The molecule has 170 valence electrons. The van der Waals surface area contributed by atoms with Crippen molar-refractivity contribution >= 4 is 18.4 Å². The highest BCUT2D eigenvalue weighted by atomic mass is 19.1. The maximum atomic E-state index is 12.1. The Bertz CT molecular complexity index is 702. The van der Waals surface area contributed by atoms with Crippen molar-refractivity contribution in [2.75, 3.05) is 0 Å². The number of aldehydes is 1. The van der Waals surface area contributed by atoms with Crippen LogP contribution in [-0.2, 0) is 17.6 Å². The van der Waals surface area contributed by atoms with Crippen molar-refractivity contribution in [1.29, 1.82) is 0 Å². The Hall–Kier alpha value is -1.70. The van der Waals surface area contributed by atoms with Crippen LogP contribution < -0.4 is 0 Å². The first-order valence-electron chi connectivity index (χ1n) is 11.6. The van der Waals surface area contributed by atoms with Crippen molar-refractivity contribution in [2.24, 2.45) is 11.8 Å². The van der Waals surface area contributed by atoms with Crippen LogP contribution >= 0.6 is 0 Å². The van der Waals surface area contributed by atoms with Crippen LogP contribution in [0.5, 0.6) is 0 Å². The normalized spacial score (nSPS) is 17.3. The molecule has 0 radical (unpaired) electrons. The first-order chi connectivity index (χ1) is 14.1. The largest absolute Gasteiger partial charge is 0.304 e. The lowest BCUT2D eigenvalue weighted by Gasteiger charge is -2.13. The van der Waals surface area contributed by atoms with Gasteiger partial charge in [-0.1, -0.05) is 58.1 Å². The Morgan fingerprint density at radius 3 is 2.17 bits per heavy atom. The van der Waals surface area contributed by atoms with Crippen molar-refractivity contribution < 1.29 is 9.18 Å². The summed E-state index contributed by atoms with van der Waals surface area (Å²) in [7, 11) is 0. The second-order valence-electron chi connectivity index (χ2n) is 8.83. The molecule has 0 bridgehead atoms. The quantitative estimate of drug-likeness (QED) is 0.449. The number of carbonyl (C=O) groups is 1. The molecule has 0 aliphatic heterocycles. The minimum atomic E-state index is -0.958. The zero-order valence-electron chi connectivity index (χ0n) is 21.0. The number of alkyl halides is 1. The van der Waals surface area contributed by atoms with E-state index in [0.29, 0.717) is 6.42 Å². The van der Waals surface area contributed by atoms with Gasteiger partial charge in [0, 0.05) is 0 Å². The molecule has 30 heavy (non-hydrogen) atoms. The third-order valence-electron chi connectivity index (χ3n) is 5.66. The van der Waals surface area contributed by atoms with E-state index >= 15 is 0 Å². The van der Waals surface area contributed by atoms with Crippen LogP contribution in [0.4, 0.5) is 4.39 Å². The highest BCUT2D eigenvalue weighted by molar-refractivity contribution is 5.71. The van der Waals surface area contributed by atoms with Crippen LogP contribution in [0.25, 0.3) is 12.2 Å². The molecule has 1 fully saturated rings. The third-order valence-corrected chi connectivity index (χ3v) is 5.66. The maximum absolute atomic E-state index is 12.1. The average Bonchev–Trinajstić information content (AvgIpc) is 3.48. The van der Waals surface area contributed by atoms with E-state index in [0.717, 1.165) is 18.1 Å². The lowest BCUT2D eigenvalue weighted by atomic mass is 9.92. The van der Waals surface area contributed by atoms with Gasteiger partial charge in [-0.25, -0.2) is 4.39 Å². The minimum Gasteiger partial charge on any atom is -0.304 e. The summed E-state index contributed by atoms with van der Waals surface area (Å²) in [6.07, 6.45) is 11.1. The van der Waals surface area contributed by atoms with Crippen molar-refractivity contribution in [3.8, 4) is 0 Å². The maximum Gasteiger partial charge on any atom is 0.116 e. The standard InChI is InChI=1S/C19H24.C5H11F.C2H4O.C2H6/c1-5-15-11-17-8-12(2)9-18(17)14(4)19(15)10-13(3)16-6-7-16;1-4-5(2,3)6;1-2-3;1-2/h5,10-12,16H,1,6-9H2,2-4H3;4H2,1-3H3;2H,1H3;1-2H3/b13-10+;;;. The third kappa shape index (κ3) is 9.41. The lowest BCUT2D eigenvalue weighted by Crippen LogP contribution is -2.07. The molecule has 0 N–H and O–H groups in total. The van der Waals surface area contributed by atoms with E-state index in [1.54, 1.807) is 30.5 Å². The van der Waals surface area contributed by atoms with Gasteiger partial charge in [0.1, 0.15) is 12.0 Å². The molecule has 1 nitrogen and oxygen atoms in total. The Labute approximate surface area is 185 Å². The van der Waals surface area contributed by atoms with E-state index in [1.165, 1.54) is 49.3 Å². The minimum absolute atomic E-state index is 0.604. The van der Waals surface area contributed by atoms with Crippen LogP contribution in [0.2, 0.25) is 0 Å². The number of hydrogen-bond acceptors (Lipinski definition) is 1. The summed E-state index contributed by atoms with van der Waals surface area (Å²) < 4.78 is 12.1. The molecule has 0 heterocycles. The Balaban J connectivity index is 0.000000646. The van der Waals surface area contributed by atoms with E-state index in [9.17, 15) is 4.39 Å². The van der Waals surface area contributed by atoms with Gasteiger partial charge in [-0.2, -0.15) is 0 Å². The molecular weight excluding hydrogens is 371 g/mol. The Morgan fingerprint density at radius 1 is 1.27 bits per heavy atom. The molecule has 0 amide bonds. The fourth-order valence-corrected chi connectivity index (χ4v) is 3.48. The fraction of sp³-hybridized carbons (Fsp3) is 0.607. The number of benzene rings is 1. The van der Waals surface area contributed by atoms with Gasteiger partial charge < -0.3 is 4.79 Å². The van der Waals surface area contributed by atoms with E-state index in [1.807, 2.05) is 26.8 Å². The molecule has 0 saturated heterocycles. The van der Waals surface area contributed by atoms with E-state index in [-0.39, 0.29) is 0 Å². The summed E-state index contributed by atoms with van der Waals surface area (Å²) in [6, 6.07) is 2.38. The second kappa shape index (κ2) is 13.6. The van der Waals surface area contributed by atoms with Crippen LogP contribution in [0.15, 0.2) is 18.2 Å². The number of fused-ring (bicyclic) bond motifs is 1. The van der Waals surface area contributed by atoms with Gasteiger partial charge in [0.2, 0.25) is 0 Å². The zero-order valence-corrected chi connectivity index (χ0v) is 21.0. The summed E-state index contributed by atoms with van der Waals surface area (Å²) in [6.45, 7) is 21.4. The first-order valence-corrected chi connectivity index (χ1v) is 11.6. The fourth-order valence-electron chi connectivity index (χ4n) is 3.48. The van der Waals surface area contributed by atoms with Crippen LogP contribution in [-0.4, -0.2) is 12.0 Å². The highest BCUT2D eigenvalue weighted by Crippen LogP contribution is 2.39. The number of allylic oxidation sites excluding steroid dienone is 1. The molecule has 0 spiro atoms. The van der Waals surface area contributed by atoms with Crippen molar-refractivity contribution in [2.45, 2.75) is 100 Å². The molecule has 2 aliphatic rings. The van der Waals surface area contributed by atoms with Crippen molar-refractivity contribution in [3.63, 3.8) is 0 Å². The summed E-state index contributed by atoms with van der Waals surface area (Å²) >= 11 is 0. The summed E-state index contributed by atoms with van der Waals surface area (Å²) in [4.78, 5) is 8.81. The van der Waals surface area contributed by atoms with Gasteiger partial charge in [0.05, 0.1) is 0 Å². The summed E-state index contributed by atoms with van der Waals surface area (Å²) in [5.41, 5.74) is 8.00. The molecular formula is C28H45FO. The molecule has 2 heteroatoms. The van der Waals surface area contributed by atoms with Crippen LogP contribution in [0.1, 0.15) is 102 Å². The van der Waals surface area contributed by atoms with Crippen LogP contribution in [0, 0.1) is 18.8 Å². The Morgan fingerprint density at radius 2 is 1.77 bits per heavy atom. The first kappa shape index (κ1) is 28.3. The van der Waals surface area contributed by atoms with Gasteiger partial charge in [-0.3, -0.25) is 0 Å². The Kier molecular flexibility index (Phi) is 12.8. The highest BCUT2D eigenvalue weighted by Gasteiger charge is 2.25. The van der Waals surface area contributed by atoms with Crippen molar-refractivity contribution in [3.05, 3.63) is 46.0 Å². The molecule has 1 aromatic rings. The molecule has 1 unspecified atom stereocenters. The van der Waals surface area contributed by atoms with Gasteiger partial charge in [-0.05, 0) is 106 Å². The monoisotopic (exact) mass is 416 g/mol. The van der Waals surface area contributed by atoms with Gasteiger partial charge in [-0.15, -0.1) is 0 Å².